The first-order chi connectivity index (χ1) is 38.4. The van der Waals surface area contributed by atoms with Gasteiger partial charge in [0.05, 0.1) is 5.70 Å². The molecule has 4 aliphatic carbocycles. The van der Waals surface area contributed by atoms with Crippen LogP contribution in [-0.2, 0) is 6.42 Å². The number of terminal acetylenes is 2. The maximum absolute atomic E-state index is 6.26. The summed E-state index contributed by atoms with van der Waals surface area (Å²) < 4.78 is 0. The number of hydrogen-bond acceptors (Lipinski definition) is 3. The summed E-state index contributed by atoms with van der Waals surface area (Å²) in [5.41, 5.74) is 35.6. The molecule has 0 radical (unpaired) electrons. The van der Waals surface area contributed by atoms with E-state index in [0.717, 1.165) is 81.6 Å². The van der Waals surface area contributed by atoms with Gasteiger partial charge in [0.2, 0.25) is 0 Å². The number of anilines is 1. The molecule has 0 fully saturated rings. The van der Waals surface area contributed by atoms with Crippen LogP contribution in [0.5, 0.6) is 0 Å². The summed E-state index contributed by atoms with van der Waals surface area (Å²) in [6, 6.07) is 27.5. The van der Waals surface area contributed by atoms with Crippen molar-refractivity contribution in [1.29, 1.82) is 0 Å². The molecule has 0 aromatic heterocycles. The number of aliphatic imine (C=N–C) groups is 1. The van der Waals surface area contributed by atoms with E-state index >= 15 is 0 Å². The van der Waals surface area contributed by atoms with Crippen LogP contribution in [0.25, 0.3) is 16.7 Å². The molecule has 0 N–H and O–H groups in total. The lowest BCUT2D eigenvalue weighted by atomic mass is 9.86. The number of para-hydroxylation sites is 1. The van der Waals surface area contributed by atoms with Crippen molar-refractivity contribution in [3.8, 4) is 25.2 Å². The summed E-state index contributed by atoms with van der Waals surface area (Å²) in [5.74, 6) is 3.58. The van der Waals surface area contributed by atoms with Crippen molar-refractivity contribution in [2.24, 2.45) is 10.9 Å². The molecule has 8 rings (SSSR count). The summed E-state index contributed by atoms with van der Waals surface area (Å²) >= 11 is 1.76. The first-order valence-electron chi connectivity index (χ1n) is 26.5. The SMILES string of the molecule is C#C.C#CC(/C=C\CC)N(C/C=C\C(=C=CCC)/C1=C\C=C=CC=C=C/C=C(\C2=C=CC=C(C3=C4C=C=CC=NC4=CC=CC3)C=C2)c2ccccc21)c1ccccc1CC(C)C.CSC1=CC=C=CC=C1c1ccccc1. The number of fused-ring (bicyclic) bond motifs is 2. The van der Waals surface area contributed by atoms with Crippen molar-refractivity contribution in [2.45, 2.75) is 59.4 Å². The third-order valence-electron chi connectivity index (χ3n) is 12.5. The molecule has 0 amide bonds. The maximum Gasteiger partial charge on any atom is 0.109 e. The summed E-state index contributed by atoms with van der Waals surface area (Å²) in [7, 11) is 0. The van der Waals surface area contributed by atoms with Crippen molar-refractivity contribution in [2.75, 3.05) is 17.7 Å². The Kier molecular flexibility index (Phi) is 24.1. The van der Waals surface area contributed by atoms with E-state index in [-0.39, 0.29) is 6.04 Å². The summed E-state index contributed by atoms with van der Waals surface area (Å²) in [6.45, 7) is 9.41. The molecule has 2 nitrogen and oxygen atoms in total. The third-order valence-corrected chi connectivity index (χ3v) is 13.3. The average Bonchev–Trinajstić information content (AvgIpc) is 4.05. The predicted octanol–water partition coefficient (Wildman–Crippen LogP) is 18.4. The minimum Gasteiger partial charge on any atom is -0.350 e. The van der Waals surface area contributed by atoms with Crippen LogP contribution in [0.3, 0.4) is 0 Å². The smallest absolute Gasteiger partial charge is 0.109 e. The molecule has 0 spiro atoms. The Hall–Kier alpha value is -9.14. The Bertz CT molecular complexity index is 3530. The van der Waals surface area contributed by atoms with Gasteiger partial charge in [-0.2, -0.15) is 0 Å². The molecule has 1 unspecified atom stereocenters. The molecule has 1 atom stereocenters. The number of allylic oxidation sites excluding steroid dienone is 23. The number of benzene rings is 3. The predicted molar refractivity (Wildman–Crippen MR) is 341 cm³/mol. The van der Waals surface area contributed by atoms with Crippen molar-refractivity contribution >= 4 is 40.4 Å². The summed E-state index contributed by atoms with van der Waals surface area (Å²) in [5, 5.41) is 0. The van der Waals surface area contributed by atoms with E-state index < -0.39 is 0 Å². The van der Waals surface area contributed by atoms with Gasteiger partial charge in [-0.05, 0) is 203 Å². The van der Waals surface area contributed by atoms with Crippen LogP contribution in [0.1, 0.15) is 69.2 Å². The normalized spacial score (nSPS) is 16.6. The van der Waals surface area contributed by atoms with Crippen molar-refractivity contribution in [3.63, 3.8) is 0 Å². The molecule has 3 aromatic carbocycles. The fraction of sp³-hybridized carbons (Fsp3) is 0.160. The molecular formula is C75H68N2S. The van der Waals surface area contributed by atoms with Crippen LogP contribution < -0.4 is 4.90 Å². The van der Waals surface area contributed by atoms with Crippen molar-refractivity contribution < 1.29 is 0 Å². The highest BCUT2D eigenvalue weighted by molar-refractivity contribution is 8.03. The van der Waals surface area contributed by atoms with E-state index in [1.165, 1.54) is 27.2 Å². The van der Waals surface area contributed by atoms with Gasteiger partial charge in [0.1, 0.15) is 6.04 Å². The zero-order chi connectivity index (χ0) is 55.2. The van der Waals surface area contributed by atoms with Gasteiger partial charge in [0.25, 0.3) is 0 Å². The van der Waals surface area contributed by atoms with E-state index in [0.29, 0.717) is 12.5 Å². The Labute approximate surface area is 470 Å². The molecule has 3 aromatic rings. The van der Waals surface area contributed by atoms with Gasteiger partial charge in [0, 0.05) is 40.1 Å². The quantitative estimate of drug-likeness (QED) is 0.0652. The molecule has 3 heteroatoms. The Morgan fingerprint density at radius 2 is 1.46 bits per heavy atom. The average molecular weight is 1030 g/mol. The van der Waals surface area contributed by atoms with Crippen LogP contribution in [0.15, 0.2) is 303 Å². The highest BCUT2D eigenvalue weighted by atomic mass is 32.2. The van der Waals surface area contributed by atoms with Crippen molar-refractivity contribution in [1.82, 2.24) is 0 Å². The fourth-order valence-electron chi connectivity index (χ4n) is 8.99. The van der Waals surface area contributed by atoms with Gasteiger partial charge in [-0.1, -0.05) is 143 Å². The zero-order valence-electron chi connectivity index (χ0n) is 45.7. The van der Waals surface area contributed by atoms with Gasteiger partial charge in [0.15, 0.2) is 0 Å². The number of hydrogen-bond donors (Lipinski definition) is 0. The molecular weight excluding hydrogens is 961 g/mol. The van der Waals surface area contributed by atoms with E-state index in [4.69, 9.17) is 6.42 Å². The highest BCUT2D eigenvalue weighted by Crippen LogP contribution is 2.37. The Morgan fingerprint density at radius 3 is 2.22 bits per heavy atom. The van der Waals surface area contributed by atoms with E-state index in [1.54, 1.807) is 18.0 Å². The zero-order valence-corrected chi connectivity index (χ0v) is 46.5. The summed E-state index contributed by atoms with van der Waals surface area (Å²) in [4.78, 5) is 8.30. The Balaban J connectivity index is 0.000000492. The van der Waals surface area contributed by atoms with Crippen LogP contribution in [0, 0.1) is 31.1 Å². The number of thioether (sulfide) groups is 1. The molecule has 78 heavy (non-hydrogen) atoms. The van der Waals surface area contributed by atoms with E-state index in [2.05, 4.69) is 261 Å². The molecule has 1 aliphatic heterocycles. The van der Waals surface area contributed by atoms with Gasteiger partial charge < -0.3 is 4.90 Å². The van der Waals surface area contributed by atoms with Gasteiger partial charge >= 0.3 is 0 Å². The van der Waals surface area contributed by atoms with Crippen LogP contribution in [0.2, 0.25) is 0 Å². The van der Waals surface area contributed by atoms with Crippen LogP contribution in [0.4, 0.5) is 5.69 Å². The molecule has 0 bridgehead atoms. The second-order valence-electron chi connectivity index (χ2n) is 18.3. The van der Waals surface area contributed by atoms with Gasteiger partial charge in [-0.15, -0.1) is 65.4 Å². The molecule has 1 heterocycles. The van der Waals surface area contributed by atoms with Crippen LogP contribution in [-0.4, -0.2) is 25.1 Å². The molecule has 5 aliphatic rings. The second-order valence-corrected chi connectivity index (χ2v) is 19.1. The standard InChI is InChI=1S/C59H54N2.C14H12S.C2H2/c1-6-9-27-47(31-26-44-61(51(8-3)32-10-7-2)59-40-22-17-28-50(59)45-46(4)5)52-33-15-13-11-12-14-16-34-53(56-37-19-18-36-55(52)56)48-29-25-30-49(42-41-48)54-35-20-21-39-58-57(54)38-23-24-43-60-58;1-15-14-11-7-3-6-10-13(14)12-8-4-2-5-9-12;1-2/h3,9-12,15-22,24-26,28,30-34,36-43,46,51H,6-7,35,44-45H2,1-2,4-5H3;2,4-11H,1H3;1-2H/b31-26-,32-10-,52-33+,53-34+;;. The first kappa shape index (κ1) is 58.1. The number of nitrogens with zero attached hydrogens (tertiary/aromatic N) is 2. The monoisotopic (exact) mass is 1030 g/mol. The molecule has 0 saturated heterocycles. The molecule has 0 saturated carbocycles. The topological polar surface area (TPSA) is 15.6 Å². The number of rotatable bonds is 15. The van der Waals surface area contributed by atoms with Gasteiger partial charge in [-0.25, -0.2) is 0 Å². The molecule has 384 valence electrons. The largest absolute Gasteiger partial charge is 0.350 e. The van der Waals surface area contributed by atoms with E-state index in [9.17, 15) is 0 Å². The van der Waals surface area contributed by atoms with Crippen molar-refractivity contribution in [3.05, 3.63) is 320 Å². The highest BCUT2D eigenvalue weighted by Gasteiger charge is 2.20. The fourth-order valence-corrected chi connectivity index (χ4v) is 9.60. The van der Waals surface area contributed by atoms with Crippen LogP contribution >= 0.6 is 11.8 Å². The Morgan fingerprint density at radius 1 is 0.744 bits per heavy atom. The second kappa shape index (κ2) is 32.3. The van der Waals surface area contributed by atoms with Gasteiger partial charge in [-0.3, -0.25) is 4.99 Å². The lowest BCUT2D eigenvalue weighted by Crippen LogP contribution is -2.34. The third kappa shape index (κ3) is 16.7. The lowest BCUT2D eigenvalue weighted by Gasteiger charge is -2.30. The summed E-state index contributed by atoms with van der Waals surface area (Å²) in [6.07, 6.45) is 71.3. The first-order valence-corrected chi connectivity index (χ1v) is 27.8. The lowest BCUT2D eigenvalue weighted by molar-refractivity contribution is 0.645. The van der Waals surface area contributed by atoms with E-state index in [1.807, 2.05) is 60.8 Å². The minimum absolute atomic E-state index is 0.202. The maximum atomic E-state index is 6.26. The minimum atomic E-state index is -0.202.